The standard InChI is InChI=1S/C28H28ClN3O6S/c1-19-15-23(29)11-12-25(19)31-39(35,36)32(18-27(33)34)17-21-7-6-10-24(16-21)37-14-13-26-20(2)38-28(30-26)22-8-4-3-5-9-22/h3-12,15-16,31H,13-14,17-18H2,1-2H3,(H,33,34). The van der Waals surface area contributed by atoms with E-state index in [2.05, 4.69) is 9.71 Å². The van der Waals surface area contributed by atoms with Crippen LogP contribution in [0.15, 0.2) is 77.2 Å². The molecule has 0 fully saturated rings. The average molecular weight is 570 g/mol. The maximum absolute atomic E-state index is 13.1. The monoisotopic (exact) mass is 569 g/mol. The van der Waals surface area contributed by atoms with Crippen LogP contribution in [0.2, 0.25) is 5.02 Å². The van der Waals surface area contributed by atoms with Crippen molar-refractivity contribution >= 4 is 33.5 Å². The summed E-state index contributed by atoms with van der Waals surface area (Å²) in [5.41, 5.74) is 3.16. The summed E-state index contributed by atoms with van der Waals surface area (Å²) in [5, 5.41) is 9.83. The van der Waals surface area contributed by atoms with E-state index in [-0.39, 0.29) is 6.54 Å². The van der Waals surface area contributed by atoms with Crippen molar-refractivity contribution in [2.45, 2.75) is 26.8 Å². The van der Waals surface area contributed by atoms with Gasteiger partial charge in [0.25, 0.3) is 0 Å². The van der Waals surface area contributed by atoms with E-state index in [4.69, 9.17) is 20.8 Å². The molecule has 0 bridgehead atoms. The molecule has 1 aromatic heterocycles. The van der Waals surface area contributed by atoms with Crippen LogP contribution in [0.4, 0.5) is 5.69 Å². The van der Waals surface area contributed by atoms with Gasteiger partial charge in [0, 0.05) is 23.6 Å². The van der Waals surface area contributed by atoms with E-state index >= 15 is 0 Å². The fourth-order valence-corrected chi connectivity index (χ4v) is 5.35. The highest BCUT2D eigenvalue weighted by molar-refractivity contribution is 7.90. The molecule has 0 aliphatic rings. The van der Waals surface area contributed by atoms with Gasteiger partial charge in [-0.05, 0) is 67.4 Å². The molecule has 0 saturated heterocycles. The number of aliphatic carboxylic acids is 1. The van der Waals surface area contributed by atoms with Crippen LogP contribution in [0.1, 0.15) is 22.6 Å². The second-order valence-corrected chi connectivity index (χ2v) is 11.0. The average Bonchev–Trinajstić information content (AvgIpc) is 3.26. The Morgan fingerprint density at radius 2 is 1.85 bits per heavy atom. The van der Waals surface area contributed by atoms with Crippen molar-refractivity contribution in [3.8, 4) is 17.2 Å². The van der Waals surface area contributed by atoms with Gasteiger partial charge in [0.15, 0.2) is 0 Å². The zero-order valence-corrected chi connectivity index (χ0v) is 23.0. The van der Waals surface area contributed by atoms with Gasteiger partial charge < -0.3 is 14.3 Å². The molecule has 0 atom stereocenters. The Kier molecular flexibility index (Phi) is 8.90. The number of carbonyl (C=O) groups is 1. The summed E-state index contributed by atoms with van der Waals surface area (Å²) in [6, 6.07) is 21.2. The number of halogens is 1. The summed E-state index contributed by atoms with van der Waals surface area (Å²) >= 11 is 5.96. The van der Waals surface area contributed by atoms with Crippen LogP contribution >= 0.6 is 11.6 Å². The normalized spacial score (nSPS) is 11.5. The molecule has 2 N–H and O–H groups in total. The minimum atomic E-state index is -4.20. The molecule has 0 radical (unpaired) electrons. The number of hydrogen-bond acceptors (Lipinski definition) is 6. The first-order valence-corrected chi connectivity index (χ1v) is 13.9. The second-order valence-electron chi connectivity index (χ2n) is 8.86. The van der Waals surface area contributed by atoms with Crippen LogP contribution < -0.4 is 9.46 Å². The molecule has 0 saturated carbocycles. The lowest BCUT2D eigenvalue weighted by molar-refractivity contribution is -0.137. The third kappa shape index (κ3) is 7.60. The second kappa shape index (κ2) is 12.3. The minimum Gasteiger partial charge on any atom is -0.493 e. The predicted molar refractivity (Wildman–Crippen MR) is 149 cm³/mol. The molecule has 3 aromatic carbocycles. The number of rotatable bonds is 12. The molecular weight excluding hydrogens is 542 g/mol. The van der Waals surface area contributed by atoms with Gasteiger partial charge in [-0.1, -0.05) is 41.9 Å². The number of nitrogens with one attached hydrogen (secondary N) is 1. The van der Waals surface area contributed by atoms with E-state index in [0.717, 1.165) is 15.6 Å². The Morgan fingerprint density at radius 3 is 2.56 bits per heavy atom. The number of benzene rings is 3. The third-order valence-electron chi connectivity index (χ3n) is 5.86. The van der Waals surface area contributed by atoms with Crippen molar-refractivity contribution < 1.29 is 27.5 Å². The summed E-state index contributed by atoms with van der Waals surface area (Å²) < 4.78 is 41.2. The van der Waals surface area contributed by atoms with Crippen molar-refractivity contribution in [1.29, 1.82) is 0 Å². The summed E-state index contributed by atoms with van der Waals surface area (Å²) in [6.45, 7) is 2.98. The van der Waals surface area contributed by atoms with Crippen LogP contribution in [0.25, 0.3) is 11.5 Å². The lowest BCUT2D eigenvalue weighted by Crippen LogP contribution is -2.39. The number of ether oxygens (including phenoxy) is 1. The Labute approximate surface area is 232 Å². The lowest BCUT2D eigenvalue weighted by Gasteiger charge is -2.22. The highest BCUT2D eigenvalue weighted by Crippen LogP contribution is 2.24. The van der Waals surface area contributed by atoms with Gasteiger partial charge in [-0.25, -0.2) is 4.98 Å². The molecule has 4 rings (SSSR count). The molecule has 0 aliphatic carbocycles. The highest BCUT2D eigenvalue weighted by atomic mass is 35.5. The number of hydrogen-bond donors (Lipinski definition) is 2. The van der Waals surface area contributed by atoms with Gasteiger partial charge in [0.05, 0.1) is 18.0 Å². The Balaban J connectivity index is 1.42. The molecule has 39 heavy (non-hydrogen) atoms. The number of carboxylic acids is 1. The molecule has 0 unspecified atom stereocenters. The van der Waals surface area contributed by atoms with E-state index in [9.17, 15) is 18.3 Å². The molecule has 11 heteroatoms. The zero-order valence-electron chi connectivity index (χ0n) is 21.4. The van der Waals surface area contributed by atoms with Gasteiger partial charge in [0.2, 0.25) is 5.89 Å². The molecule has 0 amide bonds. The van der Waals surface area contributed by atoms with Gasteiger partial charge in [-0.2, -0.15) is 12.7 Å². The summed E-state index contributed by atoms with van der Waals surface area (Å²) in [5.74, 6) is 0.501. The maximum Gasteiger partial charge on any atom is 0.318 e. The SMILES string of the molecule is Cc1cc(Cl)ccc1NS(=O)(=O)N(CC(=O)O)Cc1cccc(OCCc2nc(-c3ccccc3)oc2C)c1. The number of aryl methyl sites for hydroxylation is 2. The first kappa shape index (κ1) is 28.2. The quantitative estimate of drug-likeness (QED) is 0.232. The van der Waals surface area contributed by atoms with Crippen LogP contribution in [0.3, 0.4) is 0 Å². The fraction of sp³-hybridized carbons (Fsp3) is 0.214. The largest absolute Gasteiger partial charge is 0.493 e. The number of anilines is 1. The fourth-order valence-electron chi connectivity index (χ4n) is 3.89. The van der Waals surface area contributed by atoms with Gasteiger partial charge in [-0.3, -0.25) is 9.52 Å². The smallest absolute Gasteiger partial charge is 0.318 e. The van der Waals surface area contributed by atoms with E-state index in [0.29, 0.717) is 52.3 Å². The minimum absolute atomic E-state index is 0.172. The van der Waals surface area contributed by atoms with E-state index in [1.165, 1.54) is 6.07 Å². The highest BCUT2D eigenvalue weighted by Gasteiger charge is 2.25. The summed E-state index contributed by atoms with van der Waals surface area (Å²) in [7, 11) is -4.20. The Bertz CT molecular complexity index is 1560. The number of oxazole rings is 1. The molecule has 1 heterocycles. The maximum atomic E-state index is 13.1. The van der Waals surface area contributed by atoms with Crippen molar-refractivity contribution in [1.82, 2.24) is 9.29 Å². The van der Waals surface area contributed by atoms with Crippen molar-refractivity contribution in [2.24, 2.45) is 0 Å². The van der Waals surface area contributed by atoms with Gasteiger partial charge in [0.1, 0.15) is 18.1 Å². The number of carboxylic acid groups (broad SMARTS) is 1. The van der Waals surface area contributed by atoms with E-state index < -0.39 is 22.7 Å². The number of aromatic nitrogens is 1. The first-order valence-electron chi connectivity index (χ1n) is 12.1. The Morgan fingerprint density at radius 1 is 1.08 bits per heavy atom. The predicted octanol–water partition coefficient (Wildman–Crippen LogP) is 5.48. The van der Waals surface area contributed by atoms with Crippen LogP contribution in [0.5, 0.6) is 5.75 Å². The molecule has 204 valence electrons. The molecular formula is C28H28ClN3O6S. The topological polar surface area (TPSA) is 122 Å². The first-order chi connectivity index (χ1) is 18.6. The molecule has 0 aliphatic heterocycles. The summed E-state index contributed by atoms with van der Waals surface area (Å²) in [6.07, 6.45) is 0.510. The molecule has 4 aromatic rings. The molecule has 9 nitrogen and oxygen atoms in total. The van der Waals surface area contributed by atoms with Crippen LogP contribution in [0, 0.1) is 13.8 Å². The lowest BCUT2D eigenvalue weighted by atomic mass is 10.2. The van der Waals surface area contributed by atoms with Crippen molar-refractivity contribution in [3.63, 3.8) is 0 Å². The van der Waals surface area contributed by atoms with Crippen LogP contribution in [-0.2, 0) is 28.0 Å². The van der Waals surface area contributed by atoms with E-state index in [1.807, 2.05) is 37.3 Å². The third-order valence-corrected chi connectivity index (χ3v) is 7.51. The molecule has 0 spiro atoms. The van der Waals surface area contributed by atoms with E-state index in [1.54, 1.807) is 43.3 Å². The van der Waals surface area contributed by atoms with Crippen molar-refractivity contribution in [3.05, 3.63) is 100 Å². The van der Waals surface area contributed by atoms with Crippen LogP contribution in [-0.4, -0.2) is 41.9 Å². The van der Waals surface area contributed by atoms with Gasteiger partial charge >= 0.3 is 16.2 Å². The summed E-state index contributed by atoms with van der Waals surface area (Å²) in [4.78, 5) is 16.1. The number of nitrogens with zero attached hydrogens (tertiary/aromatic N) is 2. The van der Waals surface area contributed by atoms with Gasteiger partial charge in [-0.15, -0.1) is 0 Å². The van der Waals surface area contributed by atoms with Crippen molar-refractivity contribution in [2.75, 3.05) is 17.9 Å². The zero-order chi connectivity index (χ0) is 28.0. The Hall–Kier alpha value is -3.86.